The molecule has 0 aliphatic heterocycles. The summed E-state index contributed by atoms with van der Waals surface area (Å²) in [5.74, 6) is 0.301. The average Bonchev–Trinajstić information content (AvgIpc) is 3.20. The van der Waals surface area contributed by atoms with Gasteiger partial charge < -0.3 is 14.8 Å². The van der Waals surface area contributed by atoms with Gasteiger partial charge in [-0.15, -0.1) is 0 Å². The van der Waals surface area contributed by atoms with Gasteiger partial charge in [0.2, 0.25) is 0 Å². The van der Waals surface area contributed by atoms with Crippen molar-refractivity contribution in [1.29, 1.82) is 0 Å². The zero-order chi connectivity index (χ0) is 14.5. The highest BCUT2D eigenvalue weighted by Crippen LogP contribution is 2.29. The van der Waals surface area contributed by atoms with Crippen molar-refractivity contribution in [3.8, 4) is 5.75 Å². The van der Waals surface area contributed by atoms with Crippen LogP contribution in [0.1, 0.15) is 25.3 Å². The van der Waals surface area contributed by atoms with Gasteiger partial charge in [-0.3, -0.25) is 10.1 Å². The minimum atomic E-state index is -0.424. The molecule has 0 amide bonds. The van der Waals surface area contributed by atoms with Gasteiger partial charge in [-0.05, 0) is 31.4 Å². The fraction of sp³-hybridized carbons (Fsp3) is 0.571. The number of nitro groups is 1. The molecular weight excluding hydrogens is 260 g/mol. The van der Waals surface area contributed by atoms with E-state index in [0.29, 0.717) is 24.9 Å². The van der Waals surface area contributed by atoms with E-state index in [9.17, 15) is 10.1 Å². The van der Waals surface area contributed by atoms with Crippen molar-refractivity contribution in [2.75, 3.05) is 13.7 Å². The molecule has 1 saturated carbocycles. The predicted octanol–water partition coefficient (Wildman–Crippen LogP) is 2.26. The lowest BCUT2D eigenvalue weighted by molar-refractivity contribution is -0.386. The Bertz CT molecular complexity index is 474. The van der Waals surface area contributed by atoms with Crippen molar-refractivity contribution < 1.29 is 14.4 Å². The number of ether oxygens (including phenoxy) is 2. The summed E-state index contributed by atoms with van der Waals surface area (Å²) in [5, 5.41) is 14.4. The molecule has 1 N–H and O–H groups in total. The van der Waals surface area contributed by atoms with Gasteiger partial charge in [0.15, 0.2) is 5.75 Å². The van der Waals surface area contributed by atoms with Crippen molar-refractivity contribution in [3.05, 3.63) is 33.9 Å². The lowest BCUT2D eigenvalue weighted by Crippen LogP contribution is -2.19. The zero-order valence-electron chi connectivity index (χ0n) is 11.8. The predicted molar refractivity (Wildman–Crippen MR) is 74.9 cm³/mol. The molecule has 0 spiro atoms. The fourth-order valence-electron chi connectivity index (χ4n) is 1.95. The van der Waals surface area contributed by atoms with Crippen LogP contribution in [0.3, 0.4) is 0 Å². The Hall–Kier alpha value is -1.66. The van der Waals surface area contributed by atoms with Gasteiger partial charge in [0.05, 0.1) is 11.5 Å². The molecule has 2 rings (SSSR count). The first-order valence-electron chi connectivity index (χ1n) is 6.76. The highest BCUT2D eigenvalue weighted by molar-refractivity contribution is 5.48. The summed E-state index contributed by atoms with van der Waals surface area (Å²) >= 11 is 0. The van der Waals surface area contributed by atoms with Gasteiger partial charge in [0.1, 0.15) is 6.10 Å². The summed E-state index contributed by atoms with van der Waals surface area (Å²) in [6.45, 7) is 2.92. The molecule has 6 nitrogen and oxygen atoms in total. The van der Waals surface area contributed by atoms with Gasteiger partial charge in [0.25, 0.3) is 0 Å². The van der Waals surface area contributed by atoms with Crippen LogP contribution >= 0.6 is 0 Å². The molecule has 1 aromatic rings. The lowest BCUT2D eigenvalue weighted by Gasteiger charge is -2.14. The first-order valence-corrected chi connectivity index (χ1v) is 6.76. The smallest absolute Gasteiger partial charge is 0.310 e. The largest absolute Gasteiger partial charge is 0.481 e. The summed E-state index contributed by atoms with van der Waals surface area (Å²) in [5.41, 5.74) is 0.977. The van der Waals surface area contributed by atoms with E-state index in [-0.39, 0.29) is 11.8 Å². The highest BCUT2D eigenvalue weighted by atomic mass is 16.6. The second-order valence-electron chi connectivity index (χ2n) is 5.10. The number of hydrogen-bond donors (Lipinski definition) is 1. The summed E-state index contributed by atoms with van der Waals surface area (Å²) in [4.78, 5) is 10.6. The fourth-order valence-corrected chi connectivity index (χ4v) is 1.95. The maximum Gasteiger partial charge on any atom is 0.310 e. The van der Waals surface area contributed by atoms with E-state index in [4.69, 9.17) is 9.47 Å². The number of rotatable bonds is 8. The Labute approximate surface area is 118 Å². The van der Waals surface area contributed by atoms with Crippen LogP contribution in [0.15, 0.2) is 18.2 Å². The van der Waals surface area contributed by atoms with Crippen LogP contribution in [-0.4, -0.2) is 30.8 Å². The molecule has 6 heteroatoms. The van der Waals surface area contributed by atoms with Crippen molar-refractivity contribution in [1.82, 2.24) is 5.32 Å². The normalized spacial score (nSPS) is 15.9. The maximum absolute atomic E-state index is 11.0. The SMILES string of the molecule is COCC(C)Oc1cc(CNC2CC2)ccc1[N+](=O)[O-]. The van der Waals surface area contributed by atoms with E-state index in [1.54, 1.807) is 19.2 Å². The number of hydrogen-bond acceptors (Lipinski definition) is 5. The molecule has 1 aliphatic rings. The number of methoxy groups -OCH3 is 1. The highest BCUT2D eigenvalue weighted by Gasteiger charge is 2.21. The van der Waals surface area contributed by atoms with Crippen molar-refractivity contribution in [2.45, 2.75) is 38.5 Å². The molecule has 1 fully saturated rings. The van der Waals surface area contributed by atoms with Gasteiger partial charge >= 0.3 is 5.69 Å². The average molecular weight is 280 g/mol. The Morgan fingerprint density at radius 1 is 1.50 bits per heavy atom. The van der Waals surface area contributed by atoms with Crippen molar-refractivity contribution in [3.63, 3.8) is 0 Å². The zero-order valence-corrected chi connectivity index (χ0v) is 11.8. The maximum atomic E-state index is 11.0. The molecule has 0 aromatic heterocycles. The van der Waals surface area contributed by atoms with Crippen LogP contribution in [-0.2, 0) is 11.3 Å². The van der Waals surface area contributed by atoms with Crippen molar-refractivity contribution >= 4 is 5.69 Å². The van der Waals surface area contributed by atoms with Crippen LogP contribution in [0, 0.1) is 10.1 Å². The molecule has 1 atom stereocenters. The molecule has 1 aliphatic carbocycles. The van der Waals surface area contributed by atoms with Gasteiger partial charge in [-0.1, -0.05) is 6.07 Å². The Morgan fingerprint density at radius 3 is 2.85 bits per heavy atom. The number of nitrogens with zero attached hydrogens (tertiary/aromatic N) is 1. The van der Waals surface area contributed by atoms with E-state index in [0.717, 1.165) is 5.56 Å². The van der Waals surface area contributed by atoms with Crippen LogP contribution in [0.5, 0.6) is 5.75 Å². The molecular formula is C14H20N2O4. The molecule has 0 saturated heterocycles. The Balaban J connectivity index is 2.10. The second kappa shape index (κ2) is 6.67. The number of nitrogens with one attached hydrogen (secondary N) is 1. The third kappa shape index (κ3) is 4.18. The Kier molecular flexibility index (Phi) is 4.92. The van der Waals surface area contributed by atoms with E-state index in [1.165, 1.54) is 18.9 Å². The van der Waals surface area contributed by atoms with Crippen LogP contribution in [0.4, 0.5) is 5.69 Å². The third-order valence-corrected chi connectivity index (χ3v) is 3.12. The second-order valence-corrected chi connectivity index (χ2v) is 5.10. The summed E-state index contributed by atoms with van der Waals surface area (Å²) in [6.07, 6.45) is 2.19. The summed E-state index contributed by atoms with van der Waals surface area (Å²) in [7, 11) is 1.57. The minimum Gasteiger partial charge on any atom is -0.481 e. The molecule has 20 heavy (non-hydrogen) atoms. The summed E-state index contributed by atoms with van der Waals surface area (Å²) in [6, 6.07) is 5.60. The first-order chi connectivity index (χ1) is 9.60. The standard InChI is InChI=1S/C14H20N2O4/c1-10(9-19-2)20-14-7-11(8-15-12-4-5-12)3-6-13(14)16(17)18/h3,6-7,10,12,15H,4-5,8-9H2,1-2H3. The van der Waals surface area contributed by atoms with Gasteiger partial charge in [-0.2, -0.15) is 0 Å². The van der Waals surface area contributed by atoms with Crippen LogP contribution < -0.4 is 10.1 Å². The monoisotopic (exact) mass is 280 g/mol. The molecule has 1 aromatic carbocycles. The number of nitro benzene ring substituents is 1. The quantitative estimate of drug-likeness (QED) is 0.584. The molecule has 0 bridgehead atoms. The van der Waals surface area contributed by atoms with Gasteiger partial charge in [-0.25, -0.2) is 0 Å². The molecule has 1 unspecified atom stereocenters. The Morgan fingerprint density at radius 2 is 2.25 bits per heavy atom. The lowest BCUT2D eigenvalue weighted by atomic mass is 10.2. The van der Waals surface area contributed by atoms with Crippen LogP contribution in [0.2, 0.25) is 0 Å². The minimum absolute atomic E-state index is 0.0110. The number of benzene rings is 1. The van der Waals surface area contributed by atoms with Crippen molar-refractivity contribution in [2.24, 2.45) is 0 Å². The van der Waals surface area contributed by atoms with Gasteiger partial charge in [0, 0.05) is 25.8 Å². The van der Waals surface area contributed by atoms with E-state index >= 15 is 0 Å². The first kappa shape index (κ1) is 14.7. The summed E-state index contributed by atoms with van der Waals surface area (Å²) < 4.78 is 10.6. The third-order valence-electron chi connectivity index (χ3n) is 3.12. The topological polar surface area (TPSA) is 73.6 Å². The van der Waals surface area contributed by atoms with E-state index < -0.39 is 4.92 Å². The van der Waals surface area contributed by atoms with E-state index in [1.807, 2.05) is 6.92 Å². The van der Waals surface area contributed by atoms with Crippen LogP contribution in [0.25, 0.3) is 0 Å². The molecule has 0 radical (unpaired) electrons. The molecule has 110 valence electrons. The van der Waals surface area contributed by atoms with E-state index in [2.05, 4.69) is 5.32 Å². The molecule has 0 heterocycles.